The van der Waals surface area contributed by atoms with Crippen molar-refractivity contribution in [3.05, 3.63) is 35.8 Å². The van der Waals surface area contributed by atoms with Gasteiger partial charge in [-0.2, -0.15) is 15.1 Å². The summed E-state index contributed by atoms with van der Waals surface area (Å²) in [5.74, 6) is 0.339. The van der Waals surface area contributed by atoms with Crippen molar-refractivity contribution in [3.63, 3.8) is 0 Å². The van der Waals surface area contributed by atoms with Crippen molar-refractivity contribution in [1.29, 1.82) is 0 Å². The molecule has 0 aliphatic rings. The van der Waals surface area contributed by atoms with Crippen molar-refractivity contribution < 1.29 is 9.13 Å². The van der Waals surface area contributed by atoms with E-state index in [4.69, 9.17) is 4.74 Å². The summed E-state index contributed by atoms with van der Waals surface area (Å²) < 4.78 is 19.4. The Bertz CT molecular complexity index is 786. The summed E-state index contributed by atoms with van der Waals surface area (Å²) in [7, 11) is 0. The number of aromatic nitrogens is 4. The molecule has 0 radical (unpaired) electrons. The van der Waals surface area contributed by atoms with Gasteiger partial charge < -0.3 is 10.1 Å². The van der Waals surface area contributed by atoms with Crippen LogP contribution in [0.3, 0.4) is 0 Å². The maximum absolute atomic E-state index is 13.8. The van der Waals surface area contributed by atoms with E-state index in [2.05, 4.69) is 25.5 Å². The van der Waals surface area contributed by atoms with Crippen LogP contribution >= 0.6 is 0 Å². The molecule has 7 heteroatoms. The van der Waals surface area contributed by atoms with E-state index in [1.165, 1.54) is 6.07 Å². The van der Waals surface area contributed by atoms with Gasteiger partial charge in [-0.25, -0.2) is 4.39 Å². The Balaban J connectivity index is 2.06. The molecule has 1 aromatic carbocycles. The van der Waals surface area contributed by atoms with E-state index in [-0.39, 0.29) is 11.6 Å². The predicted molar refractivity (Wildman–Crippen MR) is 77.1 cm³/mol. The Kier molecular flexibility index (Phi) is 3.39. The molecule has 0 aliphatic heterocycles. The molecule has 6 nitrogen and oxygen atoms in total. The minimum absolute atomic E-state index is 0.124. The Hall–Kier alpha value is -2.70. The molecule has 0 atom stereocenters. The number of anilines is 1. The molecule has 0 saturated carbocycles. The third-order valence-electron chi connectivity index (χ3n) is 2.90. The fourth-order valence-corrected chi connectivity index (χ4v) is 1.92. The molecule has 2 heterocycles. The van der Waals surface area contributed by atoms with Gasteiger partial charge in [0.15, 0.2) is 17.2 Å². The molecule has 108 valence electrons. The van der Waals surface area contributed by atoms with E-state index in [0.29, 0.717) is 23.5 Å². The zero-order valence-corrected chi connectivity index (χ0v) is 11.6. The molecule has 3 rings (SSSR count). The monoisotopic (exact) mass is 287 g/mol. The van der Waals surface area contributed by atoms with E-state index in [9.17, 15) is 4.39 Å². The molecule has 0 fully saturated rings. The molecular formula is C14H14FN5O. The van der Waals surface area contributed by atoms with Gasteiger partial charge in [-0.05, 0) is 31.5 Å². The van der Waals surface area contributed by atoms with Crippen molar-refractivity contribution in [2.45, 2.75) is 13.8 Å². The number of hydrogen-bond donors (Lipinski definition) is 2. The number of hydrogen-bond acceptors (Lipinski definition) is 5. The highest BCUT2D eigenvalue weighted by atomic mass is 19.1. The van der Waals surface area contributed by atoms with Gasteiger partial charge in [-0.1, -0.05) is 6.07 Å². The Morgan fingerprint density at radius 2 is 2.19 bits per heavy atom. The summed E-state index contributed by atoms with van der Waals surface area (Å²) in [6.45, 7) is 4.46. The van der Waals surface area contributed by atoms with Crippen LogP contribution in [0.2, 0.25) is 0 Å². The number of halogens is 1. The van der Waals surface area contributed by atoms with Crippen LogP contribution in [0.4, 0.5) is 10.3 Å². The van der Waals surface area contributed by atoms with Crippen LogP contribution in [0.1, 0.15) is 12.5 Å². The number of fused-ring (bicyclic) bond motifs is 1. The molecular weight excluding hydrogens is 273 g/mol. The number of benzene rings is 1. The first kappa shape index (κ1) is 13.3. The number of aromatic amines is 1. The zero-order valence-electron chi connectivity index (χ0n) is 11.6. The van der Waals surface area contributed by atoms with Crippen LogP contribution in [-0.4, -0.2) is 26.7 Å². The van der Waals surface area contributed by atoms with Crippen LogP contribution in [0.5, 0.6) is 11.6 Å². The van der Waals surface area contributed by atoms with Crippen molar-refractivity contribution >= 4 is 17.0 Å². The van der Waals surface area contributed by atoms with Gasteiger partial charge in [0.25, 0.3) is 0 Å². The number of nitrogens with one attached hydrogen (secondary N) is 2. The first-order valence-corrected chi connectivity index (χ1v) is 6.56. The highest BCUT2D eigenvalue weighted by Crippen LogP contribution is 2.29. The molecule has 0 saturated heterocycles. The van der Waals surface area contributed by atoms with Gasteiger partial charge in [-0.15, -0.1) is 0 Å². The fourth-order valence-electron chi connectivity index (χ4n) is 1.92. The average Bonchev–Trinajstić information content (AvgIpc) is 2.92. The second-order valence-electron chi connectivity index (χ2n) is 4.55. The molecule has 0 amide bonds. The lowest BCUT2D eigenvalue weighted by Gasteiger charge is -2.09. The van der Waals surface area contributed by atoms with Gasteiger partial charge in [0, 0.05) is 6.54 Å². The third-order valence-corrected chi connectivity index (χ3v) is 2.90. The van der Waals surface area contributed by atoms with E-state index >= 15 is 0 Å². The second kappa shape index (κ2) is 5.35. The molecule has 2 aromatic heterocycles. The normalized spacial score (nSPS) is 10.8. The number of H-pyrrole nitrogens is 1. The smallest absolute Gasteiger partial charge is 0.235 e. The Morgan fingerprint density at radius 3 is 3.00 bits per heavy atom. The lowest BCUT2D eigenvalue weighted by atomic mass is 10.2. The quantitative estimate of drug-likeness (QED) is 0.771. The van der Waals surface area contributed by atoms with E-state index in [0.717, 1.165) is 5.56 Å². The first-order chi connectivity index (χ1) is 10.2. The Morgan fingerprint density at radius 1 is 1.33 bits per heavy atom. The minimum atomic E-state index is -0.444. The standard InChI is InChI=1S/C14H14FN5O/c1-3-16-14-18-12-9(7-17-20-12)13(19-14)21-11-6-8(2)4-5-10(11)15/h4-7H,3H2,1-2H3,(H2,16,17,18,19,20). The average molecular weight is 287 g/mol. The van der Waals surface area contributed by atoms with E-state index in [1.54, 1.807) is 18.3 Å². The summed E-state index contributed by atoms with van der Waals surface area (Å²) in [6, 6.07) is 4.67. The topological polar surface area (TPSA) is 75.7 Å². The van der Waals surface area contributed by atoms with Gasteiger partial charge in [0.1, 0.15) is 5.39 Å². The van der Waals surface area contributed by atoms with Crippen LogP contribution < -0.4 is 10.1 Å². The molecule has 0 bridgehead atoms. The van der Waals surface area contributed by atoms with E-state index in [1.807, 2.05) is 13.8 Å². The minimum Gasteiger partial charge on any atom is -0.435 e. The number of rotatable bonds is 4. The summed E-state index contributed by atoms with van der Waals surface area (Å²) in [6.07, 6.45) is 1.55. The van der Waals surface area contributed by atoms with Crippen molar-refractivity contribution in [2.75, 3.05) is 11.9 Å². The second-order valence-corrected chi connectivity index (χ2v) is 4.55. The molecule has 0 unspecified atom stereocenters. The third kappa shape index (κ3) is 2.62. The molecule has 2 N–H and O–H groups in total. The predicted octanol–water partition coefficient (Wildman–Crippen LogP) is 3.02. The van der Waals surface area contributed by atoms with Crippen LogP contribution in [0, 0.1) is 12.7 Å². The van der Waals surface area contributed by atoms with Gasteiger partial charge in [0.2, 0.25) is 11.8 Å². The molecule has 0 aliphatic carbocycles. The summed E-state index contributed by atoms with van der Waals surface area (Å²) in [5.41, 5.74) is 1.43. The van der Waals surface area contributed by atoms with Crippen LogP contribution in [0.15, 0.2) is 24.4 Å². The Labute approximate surface area is 120 Å². The number of aryl methyl sites for hydroxylation is 1. The lowest BCUT2D eigenvalue weighted by molar-refractivity contribution is 0.432. The largest absolute Gasteiger partial charge is 0.435 e. The van der Waals surface area contributed by atoms with Gasteiger partial charge in [0.05, 0.1) is 6.20 Å². The SMILES string of the molecule is CCNc1nc(Oc2cc(C)ccc2F)c2cn[nH]c2n1. The fraction of sp³-hybridized carbons (Fsp3) is 0.214. The maximum atomic E-state index is 13.8. The number of nitrogens with zero attached hydrogens (tertiary/aromatic N) is 3. The zero-order chi connectivity index (χ0) is 14.8. The molecule has 0 spiro atoms. The van der Waals surface area contributed by atoms with Gasteiger partial charge >= 0.3 is 0 Å². The van der Waals surface area contributed by atoms with Crippen molar-refractivity contribution in [2.24, 2.45) is 0 Å². The van der Waals surface area contributed by atoms with Crippen LogP contribution in [-0.2, 0) is 0 Å². The molecule has 21 heavy (non-hydrogen) atoms. The summed E-state index contributed by atoms with van der Waals surface area (Å²) in [4.78, 5) is 8.51. The highest BCUT2D eigenvalue weighted by molar-refractivity contribution is 5.80. The van der Waals surface area contributed by atoms with Crippen molar-refractivity contribution in [1.82, 2.24) is 20.2 Å². The van der Waals surface area contributed by atoms with Crippen molar-refractivity contribution in [3.8, 4) is 11.6 Å². The number of ether oxygens (including phenoxy) is 1. The molecule has 3 aromatic rings. The summed E-state index contributed by atoms with van der Waals surface area (Å²) >= 11 is 0. The van der Waals surface area contributed by atoms with E-state index < -0.39 is 5.82 Å². The van der Waals surface area contributed by atoms with Gasteiger partial charge in [-0.3, -0.25) is 5.10 Å². The maximum Gasteiger partial charge on any atom is 0.235 e. The summed E-state index contributed by atoms with van der Waals surface area (Å²) in [5, 5.41) is 10.3. The van der Waals surface area contributed by atoms with Crippen LogP contribution in [0.25, 0.3) is 11.0 Å². The highest BCUT2D eigenvalue weighted by Gasteiger charge is 2.13. The first-order valence-electron chi connectivity index (χ1n) is 6.56. The lowest BCUT2D eigenvalue weighted by Crippen LogP contribution is -2.03.